The van der Waals surface area contributed by atoms with Crippen molar-refractivity contribution < 1.29 is 58.8 Å². The van der Waals surface area contributed by atoms with E-state index >= 15 is 0 Å². The van der Waals surface area contributed by atoms with Crippen LogP contribution in [0.5, 0.6) is 11.5 Å². The summed E-state index contributed by atoms with van der Waals surface area (Å²) in [6.45, 7) is 5.01. The summed E-state index contributed by atoms with van der Waals surface area (Å²) in [5.41, 5.74) is -1.96. The lowest BCUT2D eigenvalue weighted by atomic mass is 10.0. The summed E-state index contributed by atoms with van der Waals surface area (Å²) in [7, 11) is 0. The van der Waals surface area contributed by atoms with Gasteiger partial charge in [-0.25, -0.2) is 17.6 Å². The predicted octanol–water partition coefficient (Wildman–Crippen LogP) is 9.42. The third kappa shape index (κ3) is 8.33. The second kappa shape index (κ2) is 14.8. The summed E-state index contributed by atoms with van der Waals surface area (Å²) in [6, 6.07) is 11.3. The Hall–Kier alpha value is -4.46. The highest BCUT2D eigenvalue weighted by Gasteiger charge is 2.39. The Bertz CT molecular complexity index is 1720. The van der Waals surface area contributed by atoms with Crippen LogP contribution < -0.4 is 9.47 Å². The van der Waals surface area contributed by atoms with Crippen LogP contribution in [-0.2, 0) is 26.4 Å². The normalized spacial score (nSPS) is 16.8. The summed E-state index contributed by atoms with van der Waals surface area (Å²) in [4.78, 5) is 0. The third-order valence-corrected chi connectivity index (χ3v) is 7.22. The minimum absolute atomic E-state index is 0.0321. The van der Waals surface area contributed by atoms with E-state index in [9.17, 15) is 35.1 Å². The number of hydrogen-bond acceptors (Lipinski definition) is 5. The molecule has 0 aliphatic carbocycles. The van der Waals surface area contributed by atoms with Gasteiger partial charge in [0.1, 0.15) is 23.1 Å². The van der Waals surface area contributed by atoms with Gasteiger partial charge in [-0.3, -0.25) is 0 Å². The van der Waals surface area contributed by atoms with Crippen molar-refractivity contribution in [3.8, 4) is 22.6 Å². The molecule has 48 heavy (non-hydrogen) atoms. The summed E-state index contributed by atoms with van der Waals surface area (Å²) in [5.74, 6) is -5.94. The second-order valence-electron chi connectivity index (χ2n) is 10.8. The van der Waals surface area contributed by atoms with Gasteiger partial charge in [-0.2, -0.15) is 17.6 Å². The van der Waals surface area contributed by atoms with Crippen molar-refractivity contribution in [1.29, 1.82) is 0 Å². The number of halogens is 8. The van der Waals surface area contributed by atoms with Crippen LogP contribution in [0.15, 0.2) is 91.5 Å². The molecule has 0 saturated carbocycles. The molecule has 5 nitrogen and oxygen atoms in total. The van der Waals surface area contributed by atoms with Crippen molar-refractivity contribution >= 4 is 0 Å². The van der Waals surface area contributed by atoms with E-state index in [1.54, 1.807) is 6.08 Å². The molecule has 0 aromatic heterocycles. The van der Waals surface area contributed by atoms with Gasteiger partial charge in [-0.1, -0.05) is 18.2 Å². The van der Waals surface area contributed by atoms with E-state index in [1.165, 1.54) is 6.07 Å². The molecule has 0 amide bonds. The lowest BCUT2D eigenvalue weighted by Crippen LogP contribution is -2.30. The molecule has 0 radical (unpaired) electrons. The Morgan fingerprint density at radius 3 is 2.04 bits per heavy atom. The fourth-order valence-electron chi connectivity index (χ4n) is 4.75. The number of ether oxygens (including phenoxy) is 5. The highest BCUT2D eigenvalue weighted by molar-refractivity contribution is 5.65. The Labute approximate surface area is 270 Å². The van der Waals surface area contributed by atoms with Crippen LogP contribution >= 0.6 is 0 Å². The summed E-state index contributed by atoms with van der Waals surface area (Å²) >= 11 is 0. The van der Waals surface area contributed by atoms with Crippen molar-refractivity contribution in [3.63, 3.8) is 0 Å². The largest absolute Gasteiger partial charge is 0.429 e. The van der Waals surface area contributed by atoms with Crippen LogP contribution in [0.1, 0.15) is 29.4 Å². The number of alkyl halides is 4. The highest BCUT2D eigenvalue weighted by atomic mass is 19.3. The maximum absolute atomic E-state index is 15.0. The van der Waals surface area contributed by atoms with Gasteiger partial charge >= 0.3 is 12.2 Å². The van der Waals surface area contributed by atoms with Gasteiger partial charge in [0.2, 0.25) is 0 Å². The minimum Gasteiger partial charge on any atom is -0.429 e. The Kier molecular flexibility index (Phi) is 10.7. The molecule has 254 valence electrons. The van der Waals surface area contributed by atoms with Crippen LogP contribution in [-0.4, -0.2) is 26.4 Å². The van der Waals surface area contributed by atoms with E-state index in [1.807, 2.05) is 0 Å². The van der Waals surface area contributed by atoms with E-state index < -0.39 is 64.4 Å². The van der Waals surface area contributed by atoms with E-state index in [-0.39, 0.29) is 35.8 Å². The van der Waals surface area contributed by atoms with Gasteiger partial charge in [0.05, 0.1) is 37.6 Å². The zero-order valence-corrected chi connectivity index (χ0v) is 25.0. The zero-order valence-electron chi connectivity index (χ0n) is 25.0. The molecule has 1 aliphatic heterocycles. The summed E-state index contributed by atoms with van der Waals surface area (Å²) < 4.78 is 142. The molecular weight excluding hydrogens is 652 g/mol. The first-order valence-corrected chi connectivity index (χ1v) is 14.6. The van der Waals surface area contributed by atoms with Gasteiger partial charge < -0.3 is 23.7 Å². The predicted molar refractivity (Wildman–Crippen MR) is 157 cm³/mol. The monoisotopic (exact) mass is 680 g/mol. The van der Waals surface area contributed by atoms with E-state index in [0.29, 0.717) is 25.7 Å². The SMILES string of the molecule is C=CCCOCC1COC(c2ccc(C(F)(F)Oc3ccc(C(F)(F)Oc4ccc(-c5ccc(F)c(F)c5)c(F)c4)cc3)c(F)c2)OC1. The fraction of sp³-hybridized carbons (Fsp3) is 0.257. The first-order valence-electron chi connectivity index (χ1n) is 14.6. The molecule has 4 aromatic carbocycles. The van der Waals surface area contributed by atoms with Crippen LogP contribution in [0.3, 0.4) is 0 Å². The Morgan fingerprint density at radius 2 is 1.40 bits per heavy atom. The van der Waals surface area contributed by atoms with Crippen LogP contribution in [0, 0.1) is 29.2 Å². The lowest BCUT2D eigenvalue weighted by molar-refractivity contribution is -0.212. The van der Waals surface area contributed by atoms with Crippen LogP contribution in [0.25, 0.3) is 11.1 Å². The van der Waals surface area contributed by atoms with E-state index in [2.05, 4.69) is 16.1 Å². The molecule has 1 fully saturated rings. The second-order valence-corrected chi connectivity index (χ2v) is 10.8. The van der Waals surface area contributed by atoms with Crippen molar-refractivity contribution in [2.75, 3.05) is 26.4 Å². The molecule has 0 spiro atoms. The van der Waals surface area contributed by atoms with Gasteiger partial charge in [-0.15, -0.1) is 6.58 Å². The van der Waals surface area contributed by atoms with Crippen LogP contribution in [0.2, 0.25) is 0 Å². The van der Waals surface area contributed by atoms with Crippen LogP contribution in [0.4, 0.5) is 35.1 Å². The number of rotatable bonds is 13. The molecular formula is C35H28F8O5. The van der Waals surface area contributed by atoms with E-state index in [0.717, 1.165) is 66.7 Å². The van der Waals surface area contributed by atoms with E-state index in [4.69, 9.17) is 14.2 Å². The molecule has 0 unspecified atom stereocenters. The quantitative estimate of drug-likeness (QED) is 0.0800. The molecule has 13 heteroatoms. The van der Waals surface area contributed by atoms with Gasteiger partial charge in [-0.05, 0) is 72.6 Å². The molecule has 4 aromatic rings. The highest BCUT2D eigenvalue weighted by Crippen LogP contribution is 2.38. The maximum atomic E-state index is 15.0. The summed E-state index contributed by atoms with van der Waals surface area (Å²) in [6.07, 6.45) is -6.80. The van der Waals surface area contributed by atoms with Crippen molar-refractivity contribution in [3.05, 3.63) is 131 Å². The fourth-order valence-corrected chi connectivity index (χ4v) is 4.75. The zero-order chi connectivity index (χ0) is 34.5. The molecule has 5 rings (SSSR count). The molecule has 0 atom stereocenters. The van der Waals surface area contributed by atoms with Gasteiger partial charge in [0.15, 0.2) is 17.9 Å². The standard InChI is InChI=1S/C35H28F8O5/c1-2-3-14-44-18-21-19-45-33(46-20-21)23-4-12-28(31(38)16-23)35(42,43)47-25-8-6-24(7-9-25)34(40,41)48-26-10-11-27(30(37)17-26)22-5-13-29(36)32(39)15-22/h2,4-13,15-17,21,33H,1,3,14,18-20H2. The first-order chi connectivity index (χ1) is 22.9. The minimum atomic E-state index is -4.20. The van der Waals surface area contributed by atoms with Gasteiger partial charge in [0.25, 0.3) is 0 Å². The molecule has 0 N–H and O–H groups in total. The molecule has 1 heterocycles. The first kappa shape index (κ1) is 34.9. The average molecular weight is 681 g/mol. The Balaban J connectivity index is 1.19. The smallest absolute Gasteiger partial charge is 0.429 e. The number of hydrogen-bond donors (Lipinski definition) is 0. The third-order valence-electron chi connectivity index (χ3n) is 7.22. The Morgan fingerprint density at radius 1 is 0.708 bits per heavy atom. The van der Waals surface area contributed by atoms with Crippen molar-refractivity contribution in [2.24, 2.45) is 5.92 Å². The lowest BCUT2D eigenvalue weighted by Gasteiger charge is -2.29. The van der Waals surface area contributed by atoms with Crippen molar-refractivity contribution in [2.45, 2.75) is 24.9 Å². The molecule has 0 bridgehead atoms. The molecule has 1 aliphatic rings. The van der Waals surface area contributed by atoms with Gasteiger partial charge in [0, 0.05) is 23.1 Å². The maximum Gasteiger partial charge on any atom is 0.429 e. The molecule has 1 saturated heterocycles. The summed E-state index contributed by atoms with van der Waals surface area (Å²) in [5, 5.41) is 0. The van der Waals surface area contributed by atoms with Crippen molar-refractivity contribution in [1.82, 2.24) is 0 Å². The number of benzene rings is 4. The average Bonchev–Trinajstić information content (AvgIpc) is 3.04. The topological polar surface area (TPSA) is 46.2 Å².